The highest BCUT2D eigenvalue weighted by Crippen LogP contribution is 2.31. The quantitative estimate of drug-likeness (QED) is 0.319. The molecule has 5 aromatic rings. The van der Waals surface area contributed by atoms with Crippen LogP contribution in [0.15, 0.2) is 103 Å². The van der Waals surface area contributed by atoms with Gasteiger partial charge in [-0.1, -0.05) is 60.7 Å². The zero-order valence-electron chi connectivity index (χ0n) is 19.5. The summed E-state index contributed by atoms with van der Waals surface area (Å²) in [6, 6.07) is 32.7. The molecule has 0 radical (unpaired) electrons. The van der Waals surface area contributed by atoms with E-state index >= 15 is 0 Å². The normalized spacial score (nSPS) is 10.7. The highest BCUT2D eigenvalue weighted by atomic mass is 16.5. The second-order valence-corrected chi connectivity index (χ2v) is 8.04. The van der Waals surface area contributed by atoms with E-state index in [9.17, 15) is 4.79 Å². The summed E-state index contributed by atoms with van der Waals surface area (Å²) in [5.41, 5.74) is 6.45. The van der Waals surface area contributed by atoms with Gasteiger partial charge in [0.25, 0.3) is 0 Å². The van der Waals surface area contributed by atoms with Crippen LogP contribution in [0.5, 0.6) is 5.75 Å². The van der Waals surface area contributed by atoms with E-state index in [2.05, 4.69) is 5.32 Å². The molecule has 0 fully saturated rings. The Balaban J connectivity index is 1.49. The monoisotopic (exact) mass is 460 g/mol. The van der Waals surface area contributed by atoms with Crippen LogP contribution in [0.1, 0.15) is 0 Å². The summed E-state index contributed by atoms with van der Waals surface area (Å²) in [5.74, 6) is 0.736. The van der Waals surface area contributed by atoms with E-state index in [1.807, 2.05) is 103 Å². The molecule has 0 aliphatic heterocycles. The Morgan fingerprint density at radius 3 is 1.89 bits per heavy atom. The van der Waals surface area contributed by atoms with Crippen LogP contribution in [0.25, 0.3) is 33.5 Å². The van der Waals surface area contributed by atoms with Crippen LogP contribution >= 0.6 is 0 Å². The van der Waals surface area contributed by atoms with E-state index < -0.39 is 0 Å². The predicted molar refractivity (Wildman–Crippen MR) is 141 cm³/mol. The largest absolute Gasteiger partial charge is 0.497 e. The molecule has 0 saturated heterocycles. The van der Waals surface area contributed by atoms with E-state index in [4.69, 9.17) is 14.7 Å². The van der Waals surface area contributed by atoms with E-state index in [1.165, 1.54) is 0 Å². The fraction of sp³-hybridized carbons (Fsp3) is 0.0690. The number of anilines is 2. The van der Waals surface area contributed by atoms with E-state index in [0.717, 1.165) is 39.5 Å². The van der Waals surface area contributed by atoms with Gasteiger partial charge in [-0.05, 0) is 42.5 Å². The third-order valence-corrected chi connectivity index (χ3v) is 5.77. The minimum Gasteiger partial charge on any atom is -0.497 e. The average Bonchev–Trinajstić information content (AvgIpc) is 2.93. The first-order chi connectivity index (χ1) is 17.1. The Kier molecular flexibility index (Phi) is 6.09. The van der Waals surface area contributed by atoms with Crippen LogP contribution in [0.3, 0.4) is 0 Å². The van der Waals surface area contributed by atoms with Crippen molar-refractivity contribution >= 4 is 28.4 Å². The molecule has 6 nitrogen and oxygen atoms in total. The number of fused-ring (bicyclic) bond motifs is 1. The summed E-state index contributed by atoms with van der Waals surface area (Å²) >= 11 is 0. The fourth-order valence-electron chi connectivity index (χ4n) is 3.86. The van der Waals surface area contributed by atoms with Gasteiger partial charge in [-0.2, -0.15) is 0 Å². The number of ether oxygens (including phenoxy) is 1. The molecule has 1 aromatic heterocycles. The topological polar surface area (TPSA) is 67.3 Å². The van der Waals surface area contributed by atoms with Crippen LogP contribution in [0.2, 0.25) is 0 Å². The Morgan fingerprint density at radius 2 is 1.31 bits per heavy atom. The van der Waals surface area contributed by atoms with Crippen molar-refractivity contribution in [2.45, 2.75) is 0 Å². The Morgan fingerprint density at radius 1 is 0.743 bits per heavy atom. The molecule has 5 rings (SSSR count). The summed E-state index contributed by atoms with van der Waals surface area (Å²) in [5, 5.41) is 2.95. The van der Waals surface area contributed by atoms with Crippen molar-refractivity contribution < 1.29 is 9.53 Å². The van der Waals surface area contributed by atoms with E-state index in [0.29, 0.717) is 11.2 Å². The van der Waals surface area contributed by atoms with Gasteiger partial charge in [-0.3, -0.25) is 4.90 Å². The number of urea groups is 1. The molecule has 4 aromatic carbocycles. The van der Waals surface area contributed by atoms with Crippen molar-refractivity contribution in [1.29, 1.82) is 0 Å². The molecule has 172 valence electrons. The Labute approximate surface area is 203 Å². The maximum Gasteiger partial charge on any atom is 0.326 e. The number of hydrogen-bond donors (Lipinski definition) is 1. The maximum atomic E-state index is 12.9. The summed E-state index contributed by atoms with van der Waals surface area (Å²) in [6.45, 7) is 0. The van der Waals surface area contributed by atoms with Crippen molar-refractivity contribution in [2.24, 2.45) is 0 Å². The number of benzene rings is 4. The lowest BCUT2D eigenvalue weighted by Crippen LogP contribution is -2.31. The Bertz CT molecular complexity index is 1470. The maximum absolute atomic E-state index is 12.9. The molecule has 0 aliphatic carbocycles. The first kappa shape index (κ1) is 22.1. The molecule has 0 bridgehead atoms. The standard InChI is InChI=1S/C29H24N4O2/c1-33(23-14-16-24(35-2)17-15-23)29(34)30-22-13-18-25-26(19-22)32-28(21-11-7-4-8-12-21)27(31-25)20-9-5-3-6-10-20/h3-19H,1-2H3,(H,30,34). The molecule has 0 unspecified atom stereocenters. The fourth-order valence-corrected chi connectivity index (χ4v) is 3.86. The molecule has 1 heterocycles. The zero-order chi connectivity index (χ0) is 24.2. The number of rotatable bonds is 5. The van der Waals surface area contributed by atoms with Gasteiger partial charge in [0.1, 0.15) is 5.75 Å². The van der Waals surface area contributed by atoms with Crippen LogP contribution in [-0.4, -0.2) is 30.2 Å². The molecule has 2 amide bonds. The highest BCUT2D eigenvalue weighted by molar-refractivity contribution is 6.02. The minimum atomic E-state index is -0.258. The average molecular weight is 461 g/mol. The van der Waals surface area contributed by atoms with Crippen molar-refractivity contribution in [3.63, 3.8) is 0 Å². The van der Waals surface area contributed by atoms with Gasteiger partial charge in [-0.25, -0.2) is 14.8 Å². The van der Waals surface area contributed by atoms with Crippen LogP contribution < -0.4 is 15.0 Å². The number of carbonyl (C=O) groups excluding carboxylic acids is 1. The number of nitrogens with one attached hydrogen (secondary N) is 1. The second-order valence-electron chi connectivity index (χ2n) is 8.04. The smallest absolute Gasteiger partial charge is 0.326 e. The van der Waals surface area contributed by atoms with Crippen LogP contribution in [0, 0.1) is 0 Å². The first-order valence-corrected chi connectivity index (χ1v) is 11.2. The highest BCUT2D eigenvalue weighted by Gasteiger charge is 2.15. The van der Waals surface area contributed by atoms with Gasteiger partial charge >= 0.3 is 6.03 Å². The van der Waals surface area contributed by atoms with Crippen molar-refractivity contribution in [2.75, 3.05) is 24.4 Å². The molecular formula is C29H24N4O2. The molecule has 0 spiro atoms. The lowest BCUT2D eigenvalue weighted by Gasteiger charge is -2.18. The number of carbonyl (C=O) groups is 1. The van der Waals surface area contributed by atoms with E-state index in [1.54, 1.807) is 19.1 Å². The van der Waals surface area contributed by atoms with Gasteiger partial charge in [0.05, 0.1) is 29.5 Å². The lowest BCUT2D eigenvalue weighted by molar-refractivity contribution is 0.258. The molecule has 6 heteroatoms. The SMILES string of the molecule is COc1ccc(N(C)C(=O)Nc2ccc3nc(-c4ccccc4)c(-c4ccccc4)nc3c2)cc1. The summed E-state index contributed by atoms with van der Waals surface area (Å²) in [6.07, 6.45) is 0. The number of methoxy groups -OCH3 is 1. The lowest BCUT2D eigenvalue weighted by atomic mass is 10.0. The molecule has 35 heavy (non-hydrogen) atoms. The third kappa shape index (κ3) is 4.68. The zero-order valence-corrected chi connectivity index (χ0v) is 19.5. The van der Waals surface area contributed by atoms with Gasteiger partial charge in [0, 0.05) is 29.5 Å². The van der Waals surface area contributed by atoms with Crippen molar-refractivity contribution in [3.05, 3.63) is 103 Å². The van der Waals surface area contributed by atoms with Gasteiger partial charge < -0.3 is 10.1 Å². The summed E-state index contributed by atoms with van der Waals surface area (Å²) in [7, 11) is 3.33. The van der Waals surface area contributed by atoms with Gasteiger partial charge in [0.15, 0.2) is 0 Å². The first-order valence-electron chi connectivity index (χ1n) is 11.2. The number of aromatic nitrogens is 2. The van der Waals surface area contributed by atoms with Gasteiger partial charge in [0.2, 0.25) is 0 Å². The van der Waals surface area contributed by atoms with E-state index in [-0.39, 0.29) is 6.03 Å². The summed E-state index contributed by atoms with van der Waals surface area (Å²) < 4.78 is 5.19. The number of amides is 2. The second kappa shape index (κ2) is 9.65. The number of nitrogens with zero attached hydrogens (tertiary/aromatic N) is 3. The molecular weight excluding hydrogens is 436 g/mol. The minimum absolute atomic E-state index is 0.258. The predicted octanol–water partition coefficient (Wildman–Crippen LogP) is 6.64. The third-order valence-electron chi connectivity index (χ3n) is 5.77. The molecule has 0 saturated carbocycles. The van der Waals surface area contributed by atoms with Crippen molar-refractivity contribution in [1.82, 2.24) is 9.97 Å². The summed E-state index contributed by atoms with van der Waals surface area (Å²) in [4.78, 5) is 24.3. The van der Waals surface area contributed by atoms with Gasteiger partial charge in [-0.15, -0.1) is 0 Å². The van der Waals surface area contributed by atoms with Crippen molar-refractivity contribution in [3.8, 4) is 28.3 Å². The number of hydrogen-bond acceptors (Lipinski definition) is 4. The Hall–Kier alpha value is -4.71. The molecule has 0 atom stereocenters. The molecule has 0 aliphatic rings. The van der Waals surface area contributed by atoms with Crippen LogP contribution in [0.4, 0.5) is 16.2 Å². The molecule has 1 N–H and O–H groups in total. The van der Waals surface area contributed by atoms with Crippen LogP contribution in [-0.2, 0) is 0 Å².